The van der Waals surface area contributed by atoms with Crippen molar-refractivity contribution in [3.05, 3.63) is 0 Å². The van der Waals surface area contributed by atoms with Crippen LogP contribution in [0.1, 0.15) is 61.3 Å². The molecule has 5 heteroatoms. The number of halogens is 2. The highest BCUT2D eigenvalue weighted by atomic mass is 35.5. The van der Waals surface area contributed by atoms with Crippen LogP contribution in [0, 0.1) is 11.8 Å². The molecule has 2 aliphatic rings. The van der Waals surface area contributed by atoms with Gasteiger partial charge in [-0.15, -0.1) is 0 Å². The SMILES string of the molecule is CC1CCN2CCN(CCN(C)C(C)C(Cl)(Cl)C2(C)C)C(C)(C)CC1C. The first-order valence-corrected chi connectivity index (χ1v) is 11.1. The molecule has 2 aliphatic heterocycles. The van der Waals surface area contributed by atoms with Crippen LogP contribution in [0.25, 0.3) is 0 Å². The van der Waals surface area contributed by atoms with Gasteiger partial charge in [-0.3, -0.25) is 14.7 Å². The van der Waals surface area contributed by atoms with E-state index in [4.69, 9.17) is 23.2 Å². The molecule has 0 N–H and O–H groups in total. The first-order valence-electron chi connectivity index (χ1n) is 10.4. The molecule has 154 valence electrons. The summed E-state index contributed by atoms with van der Waals surface area (Å²) in [6.07, 6.45) is 2.46. The summed E-state index contributed by atoms with van der Waals surface area (Å²) in [7, 11) is 2.16. The molecule has 2 saturated heterocycles. The number of fused-ring (bicyclic) bond motifs is 3. The van der Waals surface area contributed by atoms with Crippen molar-refractivity contribution in [2.24, 2.45) is 11.8 Å². The van der Waals surface area contributed by atoms with Gasteiger partial charge in [0.15, 0.2) is 4.33 Å². The van der Waals surface area contributed by atoms with E-state index in [1.807, 2.05) is 0 Å². The smallest absolute Gasteiger partial charge is 0.151 e. The molecule has 5 atom stereocenters. The third-order valence-corrected chi connectivity index (χ3v) is 9.21. The lowest BCUT2D eigenvalue weighted by atomic mass is 9.80. The molecule has 2 heterocycles. The highest BCUT2D eigenvalue weighted by molar-refractivity contribution is 6.50. The first kappa shape index (κ1) is 22.7. The van der Waals surface area contributed by atoms with Crippen LogP contribution >= 0.6 is 23.2 Å². The van der Waals surface area contributed by atoms with Crippen LogP contribution in [-0.2, 0) is 0 Å². The Morgan fingerprint density at radius 2 is 1.31 bits per heavy atom. The molecule has 2 bridgehead atoms. The third kappa shape index (κ3) is 4.38. The van der Waals surface area contributed by atoms with Crippen molar-refractivity contribution in [3.8, 4) is 0 Å². The van der Waals surface area contributed by atoms with Crippen molar-refractivity contribution in [1.29, 1.82) is 0 Å². The molecule has 0 saturated carbocycles. The van der Waals surface area contributed by atoms with Gasteiger partial charge in [0, 0.05) is 43.3 Å². The topological polar surface area (TPSA) is 9.72 Å². The fourth-order valence-electron chi connectivity index (χ4n) is 4.86. The van der Waals surface area contributed by atoms with Gasteiger partial charge in [-0.2, -0.15) is 0 Å². The minimum atomic E-state index is -0.821. The Morgan fingerprint density at radius 1 is 0.769 bits per heavy atom. The van der Waals surface area contributed by atoms with E-state index >= 15 is 0 Å². The van der Waals surface area contributed by atoms with E-state index in [2.05, 4.69) is 70.2 Å². The second-order valence-electron chi connectivity index (χ2n) is 10.1. The average Bonchev–Trinajstić information content (AvgIpc) is 2.53. The van der Waals surface area contributed by atoms with Crippen molar-refractivity contribution in [1.82, 2.24) is 14.7 Å². The van der Waals surface area contributed by atoms with Crippen molar-refractivity contribution in [2.75, 3.05) is 39.8 Å². The van der Waals surface area contributed by atoms with Gasteiger partial charge in [0.05, 0.1) is 0 Å². The highest BCUT2D eigenvalue weighted by Gasteiger charge is 2.51. The number of nitrogens with zero attached hydrogens (tertiary/aromatic N) is 3. The Kier molecular flexibility index (Phi) is 7.06. The van der Waals surface area contributed by atoms with Gasteiger partial charge in [0.2, 0.25) is 0 Å². The Hall–Kier alpha value is 0.460. The molecule has 0 radical (unpaired) electrons. The predicted octanol–water partition coefficient (Wildman–Crippen LogP) is 4.72. The van der Waals surface area contributed by atoms with Crippen LogP contribution in [0.4, 0.5) is 0 Å². The predicted molar refractivity (Wildman–Crippen MR) is 115 cm³/mol. The average molecular weight is 406 g/mol. The van der Waals surface area contributed by atoms with Gasteiger partial charge >= 0.3 is 0 Å². The summed E-state index contributed by atoms with van der Waals surface area (Å²) in [5.41, 5.74) is -0.0811. The fraction of sp³-hybridized carbons (Fsp3) is 1.00. The summed E-state index contributed by atoms with van der Waals surface area (Å²) in [5.74, 6) is 1.42. The maximum absolute atomic E-state index is 7.06. The Labute approximate surface area is 172 Å². The van der Waals surface area contributed by atoms with Gasteiger partial charge in [0.25, 0.3) is 0 Å². The second kappa shape index (κ2) is 8.06. The van der Waals surface area contributed by atoms with Crippen LogP contribution in [0.3, 0.4) is 0 Å². The zero-order valence-electron chi connectivity index (χ0n) is 18.3. The summed E-state index contributed by atoms with van der Waals surface area (Å²) in [6, 6.07) is 0.0886. The zero-order chi connectivity index (χ0) is 19.9. The monoisotopic (exact) mass is 405 g/mol. The number of likely N-dealkylation sites (N-methyl/N-ethyl adjacent to an activating group) is 1. The molecule has 3 nitrogen and oxygen atoms in total. The van der Waals surface area contributed by atoms with Crippen LogP contribution in [0.15, 0.2) is 0 Å². The van der Waals surface area contributed by atoms with Gasteiger partial charge in [-0.05, 0) is 72.9 Å². The largest absolute Gasteiger partial charge is 0.299 e. The molecule has 26 heavy (non-hydrogen) atoms. The second-order valence-corrected chi connectivity index (χ2v) is 11.5. The van der Waals surface area contributed by atoms with Gasteiger partial charge < -0.3 is 0 Å². The molecule has 0 aliphatic carbocycles. The lowest BCUT2D eigenvalue weighted by Crippen LogP contribution is -2.66. The number of hydrogen-bond donors (Lipinski definition) is 0. The molecule has 0 aromatic rings. The number of alkyl halides is 2. The van der Waals surface area contributed by atoms with E-state index in [1.165, 1.54) is 12.8 Å². The maximum atomic E-state index is 7.06. The van der Waals surface area contributed by atoms with Crippen molar-refractivity contribution in [2.45, 2.75) is 82.8 Å². The Morgan fingerprint density at radius 3 is 1.92 bits per heavy atom. The molecule has 0 aromatic heterocycles. The van der Waals surface area contributed by atoms with Crippen LogP contribution in [0.5, 0.6) is 0 Å². The van der Waals surface area contributed by atoms with Crippen LogP contribution in [-0.4, -0.2) is 75.9 Å². The van der Waals surface area contributed by atoms with E-state index in [1.54, 1.807) is 0 Å². The Bertz CT molecular complexity index is 478. The van der Waals surface area contributed by atoms with E-state index in [9.17, 15) is 0 Å². The Balaban J connectivity index is 2.45. The summed E-state index contributed by atoms with van der Waals surface area (Å²) in [6.45, 7) is 21.5. The summed E-state index contributed by atoms with van der Waals surface area (Å²) in [5, 5.41) is 0. The first-order chi connectivity index (χ1) is 11.8. The van der Waals surface area contributed by atoms with E-state index in [0.29, 0.717) is 11.8 Å². The minimum absolute atomic E-state index is 0.0886. The lowest BCUT2D eigenvalue weighted by molar-refractivity contribution is -0.00170. The number of hydrogen-bond acceptors (Lipinski definition) is 3. The lowest BCUT2D eigenvalue weighted by Gasteiger charge is -2.54. The summed E-state index contributed by atoms with van der Waals surface area (Å²) >= 11 is 14.1. The quantitative estimate of drug-likeness (QED) is 0.539. The summed E-state index contributed by atoms with van der Waals surface area (Å²) in [4.78, 5) is 7.59. The molecule has 0 aromatic carbocycles. The normalized spacial score (nSPS) is 41.5. The summed E-state index contributed by atoms with van der Waals surface area (Å²) < 4.78 is -0.821. The standard InChI is InChI=1S/C21H41Cl2N3/c1-16-9-10-26-14-13-25(19(4,5)15-17(16)2)12-11-24(8)18(3)21(22,23)20(26,6)7/h16-18H,9-15H2,1-8H3. The molecule has 0 spiro atoms. The number of rotatable bonds is 0. The van der Waals surface area contributed by atoms with Crippen molar-refractivity contribution >= 4 is 23.2 Å². The molecular weight excluding hydrogens is 365 g/mol. The van der Waals surface area contributed by atoms with E-state index in [0.717, 1.165) is 32.7 Å². The van der Waals surface area contributed by atoms with Crippen molar-refractivity contribution < 1.29 is 0 Å². The third-order valence-electron chi connectivity index (χ3n) is 7.66. The maximum Gasteiger partial charge on any atom is 0.151 e. The fourth-order valence-corrected chi connectivity index (χ4v) is 5.43. The van der Waals surface area contributed by atoms with Gasteiger partial charge in [-0.25, -0.2) is 0 Å². The molecule has 5 unspecified atom stereocenters. The minimum Gasteiger partial charge on any atom is -0.299 e. The zero-order valence-corrected chi connectivity index (χ0v) is 19.8. The van der Waals surface area contributed by atoms with Crippen molar-refractivity contribution in [3.63, 3.8) is 0 Å². The van der Waals surface area contributed by atoms with Crippen LogP contribution < -0.4 is 0 Å². The molecule has 2 rings (SSSR count). The van der Waals surface area contributed by atoms with Crippen LogP contribution in [0.2, 0.25) is 0 Å². The van der Waals surface area contributed by atoms with E-state index in [-0.39, 0.29) is 17.1 Å². The molecular formula is C21H41Cl2N3. The highest BCUT2D eigenvalue weighted by Crippen LogP contribution is 2.44. The molecule has 0 amide bonds. The molecule has 2 fully saturated rings. The van der Waals surface area contributed by atoms with E-state index < -0.39 is 4.33 Å². The van der Waals surface area contributed by atoms with Gasteiger partial charge in [0.1, 0.15) is 0 Å². The van der Waals surface area contributed by atoms with Gasteiger partial charge in [-0.1, -0.05) is 37.0 Å².